The van der Waals surface area contributed by atoms with Crippen LogP contribution in [0.1, 0.15) is 10.4 Å². The number of nitro benzene ring substituents is 1. The second-order valence-electron chi connectivity index (χ2n) is 6.54. The van der Waals surface area contributed by atoms with Gasteiger partial charge in [0.15, 0.2) is 5.13 Å². The Bertz CT molecular complexity index is 1290. The third-order valence-electron chi connectivity index (χ3n) is 4.59. The molecule has 1 aromatic heterocycles. The Morgan fingerprint density at radius 3 is 2.68 bits per heavy atom. The van der Waals surface area contributed by atoms with Crippen LogP contribution >= 0.6 is 22.9 Å². The van der Waals surface area contributed by atoms with Crippen LogP contribution in [0.4, 0.5) is 10.8 Å². The van der Waals surface area contributed by atoms with Crippen molar-refractivity contribution in [3.8, 4) is 0 Å². The van der Waals surface area contributed by atoms with E-state index in [9.17, 15) is 23.3 Å². The number of hydrogen-bond donors (Lipinski definition) is 1. The molecule has 2 aromatic carbocycles. The zero-order chi connectivity index (χ0) is 22.2. The fourth-order valence-corrected chi connectivity index (χ4v) is 5.63. The minimum absolute atomic E-state index is 0.0584. The number of non-ortho nitro benzene ring substituents is 1. The van der Waals surface area contributed by atoms with Gasteiger partial charge in [0.1, 0.15) is 0 Å². The van der Waals surface area contributed by atoms with Crippen molar-refractivity contribution in [2.45, 2.75) is 4.90 Å². The number of aromatic nitrogens is 1. The summed E-state index contributed by atoms with van der Waals surface area (Å²) in [6.07, 6.45) is 0. The number of sulfonamides is 1. The number of rotatable bonds is 5. The molecule has 0 aliphatic carbocycles. The van der Waals surface area contributed by atoms with Gasteiger partial charge in [0.05, 0.1) is 43.8 Å². The minimum atomic E-state index is -3.67. The van der Waals surface area contributed by atoms with E-state index in [-0.39, 0.29) is 39.4 Å². The lowest BCUT2D eigenvalue weighted by molar-refractivity contribution is -0.384. The van der Waals surface area contributed by atoms with Crippen molar-refractivity contribution in [3.05, 3.63) is 57.1 Å². The molecule has 3 aromatic rings. The van der Waals surface area contributed by atoms with Gasteiger partial charge in [0.2, 0.25) is 10.0 Å². The molecule has 13 heteroatoms. The van der Waals surface area contributed by atoms with Crippen LogP contribution in [-0.4, -0.2) is 54.8 Å². The molecule has 0 spiro atoms. The SMILES string of the molecule is O=C(Nc1nc2ccc(S(=O)(=O)N3CCOCC3)cc2s1)c1cc([N+](=O)[O-])ccc1Cl. The summed E-state index contributed by atoms with van der Waals surface area (Å²) in [5.41, 5.74) is 0.175. The lowest BCUT2D eigenvalue weighted by Crippen LogP contribution is -2.40. The highest BCUT2D eigenvalue weighted by molar-refractivity contribution is 7.89. The molecular formula is C18H15ClN4O6S2. The number of carbonyl (C=O) groups excluding carboxylic acids is 1. The first-order valence-electron chi connectivity index (χ1n) is 8.99. The van der Waals surface area contributed by atoms with Gasteiger partial charge in [-0.2, -0.15) is 4.31 Å². The van der Waals surface area contributed by atoms with Gasteiger partial charge in [0, 0.05) is 25.2 Å². The lowest BCUT2D eigenvalue weighted by atomic mass is 10.2. The highest BCUT2D eigenvalue weighted by atomic mass is 35.5. The molecule has 162 valence electrons. The number of carbonyl (C=O) groups is 1. The molecule has 1 aliphatic heterocycles. The average Bonchev–Trinajstić information content (AvgIpc) is 3.15. The maximum Gasteiger partial charge on any atom is 0.270 e. The van der Waals surface area contributed by atoms with Crippen molar-refractivity contribution in [1.29, 1.82) is 0 Å². The van der Waals surface area contributed by atoms with Gasteiger partial charge in [-0.25, -0.2) is 13.4 Å². The summed E-state index contributed by atoms with van der Waals surface area (Å²) >= 11 is 7.09. The molecule has 1 fully saturated rings. The number of amides is 1. The first-order chi connectivity index (χ1) is 14.8. The third-order valence-corrected chi connectivity index (χ3v) is 7.75. The highest BCUT2D eigenvalue weighted by Crippen LogP contribution is 2.30. The Morgan fingerprint density at radius 1 is 1.23 bits per heavy atom. The number of thiazole rings is 1. The van der Waals surface area contributed by atoms with Crippen LogP contribution in [0.5, 0.6) is 0 Å². The molecule has 4 rings (SSSR count). The number of nitro groups is 1. The van der Waals surface area contributed by atoms with Gasteiger partial charge < -0.3 is 4.74 Å². The van der Waals surface area contributed by atoms with E-state index in [1.807, 2.05) is 0 Å². The maximum absolute atomic E-state index is 12.8. The number of morpholine rings is 1. The Balaban J connectivity index is 1.60. The Labute approximate surface area is 185 Å². The summed E-state index contributed by atoms with van der Waals surface area (Å²) in [6.45, 7) is 1.26. The number of nitrogens with zero attached hydrogens (tertiary/aromatic N) is 3. The van der Waals surface area contributed by atoms with Crippen LogP contribution in [0.15, 0.2) is 41.3 Å². The van der Waals surface area contributed by atoms with Crippen LogP contribution in [0, 0.1) is 10.1 Å². The summed E-state index contributed by atoms with van der Waals surface area (Å²) in [7, 11) is -3.67. The first-order valence-corrected chi connectivity index (χ1v) is 11.6. The molecule has 0 atom stereocenters. The highest BCUT2D eigenvalue weighted by Gasteiger charge is 2.27. The van der Waals surface area contributed by atoms with Crippen LogP contribution in [0.2, 0.25) is 5.02 Å². The van der Waals surface area contributed by atoms with E-state index in [0.717, 1.165) is 17.4 Å². The number of halogens is 1. The number of anilines is 1. The summed E-state index contributed by atoms with van der Waals surface area (Å²) in [4.78, 5) is 27.3. The summed E-state index contributed by atoms with van der Waals surface area (Å²) in [5, 5.41) is 13.8. The monoisotopic (exact) mass is 482 g/mol. The van der Waals surface area contributed by atoms with E-state index in [1.54, 1.807) is 6.07 Å². The van der Waals surface area contributed by atoms with E-state index in [0.29, 0.717) is 23.4 Å². The summed E-state index contributed by atoms with van der Waals surface area (Å²) in [5.74, 6) is -0.658. The van der Waals surface area contributed by atoms with Crippen molar-refractivity contribution in [1.82, 2.24) is 9.29 Å². The summed E-state index contributed by atoms with van der Waals surface area (Å²) < 4.78 is 32.8. The minimum Gasteiger partial charge on any atom is -0.379 e. The molecule has 1 aliphatic rings. The standard InChI is InChI=1S/C18H15ClN4O6S2/c19-14-3-1-11(23(25)26)9-13(14)17(24)21-18-20-15-4-2-12(10-16(15)30-18)31(27,28)22-5-7-29-8-6-22/h1-4,9-10H,5-8H2,(H,20,21,24). The molecule has 1 amide bonds. The summed E-state index contributed by atoms with van der Waals surface area (Å²) in [6, 6.07) is 8.10. The predicted octanol–water partition coefficient (Wildman–Crippen LogP) is 3.13. The average molecular weight is 483 g/mol. The Hall–Kier alpha value is -2.64. The topological polar surface area (TPSA) is 132 Å². The zero-order valence-electron chi connectivity index (χ0n) is 15.8. The van der Waals surface area contributed by atoms with Crippen molar-refractivity contribution < 1.29 is 22.9 Å². The van der Waals surface area contributed by atoms with E-state index in [4.69, 9.17) is 16.3 Å². The lowest BCUT2D eigenvalue weighted by Gasteiger charge is -2.25. The molecule has 10 nitrogen and oxygen atoms in total. The Morgan fingerprint density at radius 2 is 1.97 bits per heavy atom. The number of fused-ring (bicyclic) bond motifs is 1. The molecular weight excluding hydrogens is 468 g/mol. The fourth-order valence-electron chi connectivity index (χ4n) is 3.02. The molecule has 1 saturated heterocycles. The van der Waals surface area contributed by atoms with Crippen molar-refractivity contribution >= 4 is 59.9 Å². The second-order valence-corrected chi connectivity index (χ2v) is 9.92. The van der Waals surface area contributed by atoms with Gasteiger partial charge in [-0.05, 0) is 24.3 Å². The fraction of sp³-hybridized carbons (Fsp3) is 0.222. The second kappa shape index (κ2) is 8.48. The first kappa shape index (κ1) is 21.6. The van der Waals surface area contributed by atoms with Crippen LogP contribution in [-0.2, 0) is 14.8 Å². The normalized spacial score (nSPS) is 15.1. The zero-order valence-corrected chi connectivity index (χ0v) is 18.2. The maximum atomic E-state index is 12.8. The molecule has 0 radical (unpaired) electrons. The molecule has 0 unspecified atom stereocenters. The smallest absolute Gasteiger partial charge is 0.270 e. The van der Waals surface area contributed by atoms with Crippen molar-refractivity contribution in [2.24, 2.45) is 0 Å². The van der Waals surface area contributed by atoms with Crippen LogP contribution < -0.4 is 5.32 Å². The van der Waals surface area contributed by atoms with Crippen molar-refractivity contribution in [2.75, 3.05) is 31.6 Å². The predicted molar refractivity (Wildman–Crippen MR) is 115 cm³/mol. The molecule has 0 bridgehead atoms. The van der Waals surface area contributed by atoms with Crippen LogP contribution in [0.25, 0.3) is 10.2 Å². The number of nitrogens with one attached hydrogen (secondary N) is 1. The third kappa shape index (κ3) is 4.38. The molecule has 0 saturated carbocycles. The number of benzene rings is 2. The van der Waals surface area contributed by atoms with E-state index in [2.05, 4.69) is 10.3 Å². The number of ether oxygens (including phenoxy) is 1. The van der Waals surface area contributed by atoms with E-state index in [1.165, 1.54) is 28.6 Å². The van der Waals surface area contributed by atoms with Gasteiger partial charge in [0.25, 0.3) is 11.6 Å². The molecule has 31 heavy (non-hydrogen) atoms. The largest absolute Gasteiger partial charge is 0.379 e. The van der Waals surface area contributed by atoms with E-state index < -0.39 is 20.9 Å². The molecule has 2 heterocycles. The quantitative estimate of drug-likeness (QED) is 0.436. The Kier molecular flexibility index (Phi) is 5.90. The molecule has 1 N–H and O–H groups in total. The van der Waals surface area contributed by atoms with Crippen LogP contribution in [0.3, 0.4) is 0 Å². The van der Waals surface area contributed by atoms with Gasteiger partial charge in [-0.3, -0.25) is 20.2 Å². The van der Waals surface area contributed by atoms with Gasteiger partial charge in [-0.1, -0.05) is 22.9 Å². The van der Waals surface area contributed by atoms with E-state index >= 15 is 0 Å². The number of hydrogen-bond acceptors (Lipinski definition) is 8. The van der Waals surface area contributed by atoms with Crippen molar-refractivity contribution in [3.63, 3.8) is 0 Å². The van der Waals surface area contributed by atoms with Gasteiger partial charge in [-0.15, -0.1) is 0 Å². The van der Waals surface area contributed by atoms with Gasteiger partial charge >= 0.3 is 0 Å².